The van der Waals surface area contributed by atoms with Gasteiger partial charge in [-0.05, 0) is 25.8 Å². The van der Waals surface area contributed by atoms with E-state index in [-0.39, 0.29) is 6.04 Å². The summed E-state index contributed by atoms with van der Waals surface area (Å²) in [6.45, 7) is 4.09. The number of hydrogen-bond donors (Lipinski definition) is 0. The van der Waals surface area contributed by atoms with Gasteiger partial charge in [-0.1, -0.05) is 6.42 Å². The molecule has 0 aromatic carbocycles. The van der Waals surface area contributed by atoms with Crippen molar-refractivity contribution in [2.24, 2.45) is 0 Å². The van der Waals surface area contributed by atoms with Crippen LogP contribution in [0.2, 0.25) is 0 Å². The predicted octanol–water partition coefficient (Wildman–Crippen LogP) is 1.09. The maximum absolute atomic E-state index is 10.9. The molecule has 0 N–H and O–H groups in total. The van der Waals surface area contributed by atoms with Crippen molar-refractivity contribution < 1.29 is 14.3 Å². The number of piperidine rings is 1. The molecule has 4 nitrogen and oxygen atoms in total. The van der Waals surface area contributed by atoms with Crippen LogP contribution in [0.15, 0.2) is 0 Å². The smallest absolute Gasteiger partial charge is 0.137 e. The third-order valence-corrected chi connectivity index (χ3v) is 2.99. The number of hydrogen-bond acceptors (Lipinski definition) is 4. The average molecular weight is 229 g/mol. The topological polar surface area (TPSA) is 38.8 Å². The van der Waals surface area contributed by atoms with Gasteiger partial charge in [0.1, 0.15) is 6.29 Å². The van der Waals surface area contributed by atoms with Gasteiger partial charge in [0.2, 0.25) is 0 Å². The van der Waals surface area contributed by atoms with Gasteiger partial charge in [0.15, 0.2) is 0 Å². The van der Waals surface area contributed by atoms with Crippen molar-refractivity contribution in [3.8, 4) is 0 Å². The van der Waals surface area contributed by atoms with E-state index >= 15 is 0 Å². The Hall–Kier alpha value is -0.450. The summed E-state index contributed by atoms with van der Waals surface area (Å²) in [4.78, 5) is 13.1. The summed E-state index contributed by atoms with van der Waals surface area (Å²) < 4.78 is 10.3. The van der Waals surface area contributed by atoms with Crippen LogP contribution < -0.4 is 0 Å². The summed E-state index contributed by atoms with van der Waals surface area (Å²) >= 11 is 0. The summed E-state index contributed by atoms with van der Waals surface area (Å²) in [5.41, 5.74) is 0. The molecule has 0 aromatic heterocycles. The first-order valence-corrected chi connectivity index (χ1v) is 6.14. The van der Waals surface area contributed by atoms with Crippen molar-refractivity contribution in [2.75, 3.05) is 40.0 Å². The molecule has 1 aliphatic rings. The molecule has 0 amide bonds. The maximum Gasteiger partial charge on any atom is 0.137 e. The summed E-state index contributed by atoms with van der Waals surface area (Å²) in [6.07, 6.45) is 5.51. The molecule has 1 unspecified atom stereocenters. The van der Waals surface area contributed by atoms with Crippen LogP contribution in [0.25, 0.3) is 0 Å². The molecule has 0 radical (unpaired) electrons. The Labute approximate surface area is 97.9 Å². The van der Waals surface area contributed by atoms with Crippen molar-refractivity contribution in [1.82, 2.24) is 4.90 Å². The second-order valence-electron chi connectivity index (χ2n) is 4.19. The van der Waals surface area contributed by atoms with Gasteiger partial charge in [-0.2, -0.15) is 0 Å². The lowest BCUT2D eigenvalue weighted by molar-refractivity contribution is -0.113. The zero-order valence-electron chi connectivity index (χ0n) is 10.2. The quantitative estimate of drug-likeness (QED) is 0.461. The number of aldehydes is 1. The van der Waals surface area contributed by atoms with Gasteiger partial charge in [0.25, 0.3) is 0 Å². The second-order valence-corrected chi connectivity index (χ2v) is 4.19. The first-order valence-electron chi connectivity index (χ1n) is 6.14. The van der Waals surface area contributed by atoms with Gasteiger partial charge in [-0.15, -0.1) is 0 Å². The summed E-state index contributed by atoms with van der Waals surface area (Å²) in [7, 11) is 1.67. The fourth-order valence-corrected chi connectivity index (χ4v) is 2.06. The molecule has 0 aromatic rings. The fourth-order valence-electron chi connectivity index (χ4n) is 2.06. The monoisotopic (exact) mass is 229 g/mol. The van der Waals surface area contributed by atoms with Gasteiger partial charge in [0.05, 0.1) is 19.3 Å². The van der Waals surface area contributed by atoms with Gasteiger partial charge in [0, 0.05) is 20.3 Å². The Kier molecular flexibility index (Phi) is 7.38. The van der Waals surface area contributed by atoms with Crippen molar-refractivity contribution in [2.45, 2.75) is 31.7 Å². The second kappa shape index (κ2) is 8.67. The van der Waals surface area contributed by atoms with E-state index in [2.05, 4.69) is 4.90 Å². The van der Waals surface area contributed by atoms with E-state index in [4.69, 9.17) is 9.47 Å². The number of carbonyl (C=O) groups is 1. The van der Waals surface area contributed by atoms with Crippen LogP contribution in [0.5, 0.6) is 0 Å². The molecule has 1 aliphatic heterocycles. The molecule has 1 rings (SSSR count). The number of likely N-dealkylation sites (tertiary alicyclic amines) is 1. The standard InChI is InChI=1S/C12H23NO3/c1-15-9-10-16-8-4-7-13-6-3-2-5-12(13)11-14/h11-12H,2-10H2,1H3. The first kappa shape index (κ1) is 13.6. The van der Waals surface area contributed by atoms with Crippen molar-refractivity contribution >= 4 is 6.29 Å². The van der Waals surface area contributed by atoms with Gasteiger partial charge in [-0.25, -0.2) is 0 Å². The highest BCUT2D eigenvalue weighted by molar-refractivity contribution is 5.57. The zero-order valence-corrected chi connectivity index (χ0v) is 10.2. The third kappa shape index (κ3) is 5.05. The van der Waals surface area contributed by atoms with Gasteiger partial charge in [-0.3, -0.25) is 4.90 Å². The summed E-state index contributed by atoms with van der Waals surface area (Å²) in [5.74, 6) is 0. The minimum absolute atomic E-state index is 0.146. The van der Waals surface area contributed by atoms with E-state index in [1.807, 2.05) is 0 Å². The van der Waals surface area contributed by atoms with E-state index in [0.29, 0.717) is 13.2 Å². The normalized spacial score (nSPS) is 22.2. The van der Waals surface area contributed by atoms with Crippen LogP contribution in [0, 0.1) is 0 Å². The molecule has 16 heavy (non-hydrogen) atoms. The molecule has 1 atom stereocenters. The Balaban J connectivity index is 2.04. The number of carbonyl (C=O) groups excluding carboxylic acids is 1. The Morgan fingerprint density at radius 2 is 2.19 bits per heavy atom. The van der Waals surface area contributed by atoms with Crippen LogP contribution in [-0.2, 0) is 14.3 Å². The third-order valence-electron chi connectivity index (χ3n) is 2.99. The first-order chi connectivity index (χ1) is 7.88. The number of rotatable bonds is 8. The fraction of sp³-hybridized carbons (Fsp3) is 0.917. The predicted molar refractivity (Wildman–Crippen MR) is 62.6 cm³/mol. The van der Waals surface area contributed by atoms with Crippen LogP contribution in [0.4, 0.5) is 0 Å². The lowest BCUT2D eigenvalue weighted by Gasteiger charge is -2.32. The van der Waals surface area contributed by atoms with Crippen LogP contribution in [0.1, 0.15) is 25.7 Å². The van der Waals surface area contributed by atoms with Gasteiger partial charge < -0.3 is 14.3 Å². The Morgan fingerprint density at radius 3 is 2.94 bits per heavy atom. The molecule has 1 saturated heterocycles. The largest absolute Gasteiger partial charge is 0.382 e. The highest BCUT2D eigenvalue weighted by Crippen LogP contribution is 2.15. The average Bonchev–Trinajstić information content (AvgIpc) is 2.34. The van der Waals surface area contributed by atoms with Crippen LogP contribution in [0.3, 0.4) is 0 Å². The number of methoxy groups -OCH3 is 1. The highest BCUT2D eigenvalue weighted by Gasteiger charge is 2.20. The molecule has 4 heteroatoms. The van der Waals surface area contributed by atoms with E-state index in [1.165, 1.54) is 12.8 Å². The number of nitrogens with zero attached hydrogens (tertiary/aromatic N) is 1. The molecule has 1 heterocycles. The maximum atomic E-state index is 10.9. The van der Waals surface area contributed by atoms with Crippen molar-refractivity contribution in [1.29, 1.82) is 0 Å². The molecule has 0 spiro atoms. The molecule has 0 bridgehead atoms. The Morgan fingerprint density at radius 1 is 1.31 bits per heavy atom. The highest BCUT2D eigenvalue weighted by atomic mass is 16.5. The molecule has 0 aliphatic carbocycles. The van der Waals surface area contributed by atoms with Gasteiger partial charge >= 0.3 is 0 Å². The summed E-state index contributed by atoms with van der Waals surface area (Å²) in [5, 5.41) is 0. The van der Waals surface area contributed by atoms with E-state index in [0.717, 1.165) is 38.8 Å². The molecule has 94 valence electrons. The zero-order chi connectivity index (χ0) is 11.6. The minimum Gasteiger partial charge on any atom is -0.382 e. The SMILES string of the molecule is COCCOCCCN1CCCCC1C=O. The van der Waals surface area contributed by atoms with Crippen molar-refractivity contribution in [3.63, 3.8) is 0 Å². The lowest BCUT2D eigenvalue weighted by Crippen LogP contribution is -2.41. The van der Waals surface area contributed by atoms with E-state index in [9.17, 15) is 4.79 Å². The van der Waals surface area contributed by atoms with Crippen LogP contribution >= 0.6 is 0 Å². The lowest BCUT2D eigenvalue weighted by atomic mass is 10.0. The molecule has 0 saturated carbocycles. The van der Waals surface area contributed by atoms with Crippen molar-refractivity contribution in [3.05, 3.63) is 0 Å². The Bertz CT molecular complexity index is 187. The summed E-state index contributed by atoms with van der Waals surface area (Å²) in [6, 6.07) is 0.146. The molecule has 1 fully saturated rings. The van der Waals surface area contributed by atoms with Crippen LogP contribution in [-0.4, -0.2) is 57.2 Å². The number of ether oxygens (including phenoxy) is 2. The minimum atomic E-state index is 0.146. The van der Waals surface area contributed by atoms with E-state index in [1.54, 1.807) is 7.11 Å². The van der Waals surface area contributed by atoms with E-state index < -0.39 is 0 Å². The molecular formula is C12H23NO3. The molecular weight excluding hydrogens is 206 g/mol.